The number of amides is 1. The minimum Gasteiger partial charge on any atom is -0.380 e. The third-order valence-electron chi connectivity index (χ3n) is 2.91. The lowest BCUT2D eigenvalue weighted by molar-refractivity contribution is 0.0952. The minimum absolute atomic E-state index is 0.0524. The minimum atomic E-state index is -0.0524. The number of methoxy groups -OCH3 is 1. The number of hydrogen-bond donors (Lipinski definition) is 1. The molecule has 0 aliphatic heterocycles. The van der Waals surface area contributed by atoms with Crippen molar-refractivity contribution in [3.05, 3.63) is 53.9 Å². The Bertz CT molecular complexity index is 538. The number of rotatable bonds is 7. The summed E-state index contributed by atoms with van der Waals surface area (Å²) >= 11 is 0. The number of nitrogens with one attached hydrogen (secondary N) is 1. The molecule has 1 amide bonds. The van der Waals surface area contributed by atoms with Gasteiger partial charge < -0.3 is 10.1 Å². The molecule has 0 aliphatic rings. The zero-order valence-electron chi connectivity index (χ0n) is 11.6. The Hall–Kier alpha value is -2.14. The number of benzene rings is 1. The van der Waals surface area contributed by atoms with Crippen LogP contribution >= 0.6 is 0 Å². The van der Waals surface area contributed by atoms with Crippen LogP contribution in [0.15, 0.2) is 42.7 Å². The quantitative estimate of drug-likeness (QED) is 0.783. The number of aryl methyl sites for hydroxylation is 1. The molecular formula is C15H19N3O2. The maximum atomic E-state index is 12.0. The Morgan fingerprint density at radius 2 is 2.30 bits per heavy atom. The van der Waals surface area contributed by atoms with Crippen molar-refractivity contribution in [2.45, 2.75) is 19.6 Å². The number of ether oxygens (including phenoxy) is 1. The number of carbonyl (C=O) groups is 1. The maximum Gasteiger partial charge on any atom is 0.251 e. The van der Waals surface area contributed by atoms with Gasteiger partial charge >= 0.3 is 0 Å². The Kier molecular flexibility index (Phi) is 5.32. The molecule has 1 aromatic carbocycles. The lowest BCUT2D eigenvalue weighted by Crippen LogP contribution is -2.25. The lowest BCUT2D eigenvalue weighted by Gasteiger charge is -2.07. The van der Waals surface area contributed by atoms with E-state index in [-0.39, 0.29) is 5.91 Å². The van der Waals surface area contributed by atoms with Gasteiger partial charge in [-0.05, 0) is 30.2 Å². The van der Waals surface area contributed by atoms with E-state index in [4.69, 9.17) is 4.74 Å². The van der Waals surface area contributed by atoms with Gasteiger partial charge in [0.05, 0.1) is 6.61 Å². The summed E-state index contributed by atoms with van der Waals surface area (Å²) in [7, 11) is 1.64. The molecule has 0 atom stereocenters. The van der Waals surface area contributed by atoms with E-state index in [0.717, 1.165) is 18.5 Å². The molecule has 0 radical (unpaired) electrons. The SMILES string of the molecule is COCc1cccc(C(=O)NCCCn2cccn2)c1. The first-order valence-electron chi connectivity index (χ1n) is 6.63. The largest absolute Gasteiger partial charge is 0.380 e. The third kappa shape index (κ3) is 4.20. The van der Waals surface area contributed by atoms with Gasteiger partial charge in [-0.1, -0.05) is 12.1 Å². The number of carbonyl (C=O) groups excluding carboxylic acids is 1. The highest BCUT2D eigenvalue weighted by atomic mass is 16.5. The van der Waals surface area contributed by atoms with Crippen LogP contribution in [0.1, 0.15) is 22.3 Å². The highest BCUT2D eigenvalue weighted by Gasteiger charge is 2.05. The molecule has 0 unspecified atom stereocenters. The van der Waals surface area contributed by atoms with Gasteiger partial charge in [-0.25, -0.2) is 0 Å². The Morgan fingerprint density at radius 1 is 1.40 bits per heavy atom. The first-order valence-corrected chi connectivity index (χ1v) is 6.63. The van der Waals surface area contributed by atoms with Crippen LogP contribution in [0.4, 0.5) is 0 Å². The smallest absolute Gasteiger partial charge is 0.251 e. The lowest BCUT2D eigenvalue weighted by atomic mass is 10.1. The van der Waals surface area contributed by atoms with Crippen molar-refractivity contribution in [1.82, 2.24) is 15.1 Å². The molecule has 0 aliphatic carbocycles. The van der Waals surface area contributed by atoms with Gasteiger partial charge in [0, 0.05) is 38.2 Å². The molecule has 1 heterocycles. The van der Waals surface area contributed by atoms with Crippen LogP contribution in [0.3, 0.4) is 0 Å². The molecule has 0 fully saturated rings. The molecule has 0 saturated carbocycles. The van der Waals surface area contributed by atoms with Crippen molar-refractivity contribution in [2.75, 3.05) is 13.7 Å². The number of aromatic nitrogens is 2. The summed E-state index contributed by atoms with van der Waals surface area (Å²) < 4.78 is 6.91. The van der Waals surface area contributed by atoms with Crippen molar-refractivity contribution in [3.63, 3.8) is 0 Å². The van der Waals surface area contributed by atoms with Crippen LogP contribution in [0.2, 0.25) is 0 Å². The van der Waals surface area contributed by atoms with Crippen LogP contribution in [0, 0.1) is 0 Å². The van der Waals surface area contributed by atoms with Gasteiger partial charge in [-0.3, -0.25) is 9.48 Å². The summed E-state index contributed by atoms with van der Waals surface area (Å²) in [6.07, 6.45) is 4.51. The van der Waals surface area contributed by atoms with E-state index in [0.29, 0.717) is 18.7 Å². The predicted octanol–water partition coefficient (Wildman–Crippen LogP) is 1.85. The van der Waals surface area contributed by atoms with Gasteiger partial charge in [0.15, 0.2) is 0 Å². The highest BCUT2D eigenvalue weighted by molar-refractivity contribution is 5.94. The zero-order chi connectivity index (χ0) is 14.2. The fourth-order valence-electron chi connectivity index (χ4n) is 1.95. The monoisotopic (exact) mass is 273 g/mol. The second kappa shape index (κ2) is 7.45. The van der Waals surface area contributed by atoms with E-state index >= 15 is 0 Å². The predicted molar refractivity (Wildman–Crippen MR) is 76.3 cm³/mol. The van der Waals surface area contributed by atoms with E-state index in [1.807, 2.05) is 41.2 Å². The molecule has 2 aromatic rings. The number of hydrogen-bond acceptors (Lipinski definition) is 3. The standard InChI is InChI=1S/C15H19N3O2/c1-20-12-13-5-2-6-14(11-13)15(19)16-7-3-9-18-10-4-8-17-18/h2,4-6,8,10-11H,3,7,9,12H2,1H3,(H,16,19). The molecule has 5 heteroatoms. The summed E-state index contributed by atoms with van der Waals surface area (Å²) in [6, 6.07) is 9.36. The fourth-order valence-corrected chi connectivity index (χ4v) is 1.95. The Morgan fingerprint density at radius 3 is 3.05 bits per heavy atom. The second-order valence-electron chi connectivity index (χ2n) is 4.51. The molecular weight excluding hydrogens is 254 g/mol. The maximum absolute atomic E-state index is 12.0. The van der Waals surface area contributed by atoms with Crippen LogP contribution in [0.5, 0.6) is 0 Å². The topological polar surface area (TPSA) is 56.1 Å². The van der Waals surface area contributed by atoms with Gasteiger partial charge in [0.1, 0.15) is 0 Å². The Balaban J connectivity index is 1.78. The van der Waals surface area contributed by atoms with Gasteiger partial charge in [0.2, 0.25) is 0 Å². The highest BCUT2D eigenvalue weighted by Crippen LogP contribution is 2.06. The molecule has 0 saturated heterocycles. The van der Waals surface area contributed by atoms with Crippen LogP contribution in [0.25, 0.3) is 0 Å². The third-order valence-corrected chi connectivity index (χ3v) is 2.91. The molecule has 5 nitrogen and oxygen atoms in total. The van der Waals surface area contributed by atoms with Crippen molar-refractivity contribution < 1.29 is 9.53 Å². The molecule has 20 heavy (non-hydrogen) atoms. The van der Waals surface area contributed by atoms with Crippen molar-refractivity contribution >= 4 is 5.91 Å². The zero-order valence-corrected chi connectivity index (χ0v) is 11.6. The van der Waals surface area contributed by atoms with E-state index in [9.17, 15) is 4.79 Å². The molecule has 106 valence electrons. The Labute approximate surface area is 118 Å². The first-order chi connectivity index (χ1) is 9.79. The van der Waals surface area contributed by atoms with Crippen molar-refractivity contribution in [1.29, 1.82) is 0 Å². The van der Waals surface area contributed by atoms with E-state index < -0.39 is 0 Å². The van der Waals surface area contributed by atoms with E-state index in [2.05, 4.69) is 10.4 Å². The number of nitrogens with zero attached hydrogens (tertiary/aromatic N) is 2. The molecule has 0 bridgehead atoms. The van der Waals surface area contributed by atoms with Gasteiger partial charge in [0.25, 0.3) is 5.91 Å². The fraction of sp³-hybridized carbons (Fsp3) is 0.333. The van der Waals surface area contributed by atoms with E-state index in [1.165, 1.54) is 0 Å². The van der Waals surface area contributed by atoms with E-state index in [1.54, 1.807) is 13.3 Å². The van der Waals surface area contributed by atoms with Gasteiger partial charge in [-0.15, -0.1) is 0 Å². The normalized spacial score (nSPS) is 10.4. The molecule has 0 spiro atoms. The average molecular weight is 273 g/mol. The van der Waals surface area contributed by atoms with Crippen LogP contribution in [-0.4, -0.2) is 29.3 Å². The van der Waals surface area contributed by atoms with Crippen LogP contribution < -0.4 is 5.32 Å². The van der Waals surface area contributed by atoms with Crippen LogP contribution in [-0.2, 0) is 17.9 Å². The molecule has 2 rings (SSSR count). The van der Waals surface area contributed by atoms with Gasteiger partial charge in [-0.2, -0.15) is 5.10 Å². The summed E-state index contributed by atoms with van der Waals surface area (Å²) in [5.41, 5.74) is 1.66. The average Bonchev–Trinajstić information content (AvgIpc) is 2.97. The van der Waals surface area contributed by atoms with Crippen molar-refractivity contribution in [3.8, 4) is 0 Å². The summed E-state index contributed by atoms with van der Waals surface area (Å²) in [4.78, 5) is 12.0. The first kappa shape index (κ1) is 14.3. The molecule has 1 aromatic heterocycles. The second-order valence-corrected chi connectivity index (χ2v) is 4.51. The molecule has 1 N–H and O–H groups in total. The summed E-state index contributed by atoms with van der Waals surface area (Å²) in [5, 5.41) is 7.02. The summed E-state index contributed by atoms with van der Waals surface area (Å²) in [5.74, 6) is -0.0524. The summed E-state index contributed by atoms with van der Waals surface area (Å²) in [6.45, 7) is 1.95. The van der Waals surface area contributed by atoms with Crippen molar-refractivity contribution in [2.24, 2.45) is 0 Å².